The van der Waals surface area contributed by atoms with Crippen molar-refractivity contribution in [3.05, 3.63) is 22.1 Å². The lowest BCUT2D eigenvalue weighted by Crippen LogP contribution is -2.60. The number of aromatic hydroxyl groups is 1. The summed E-state index contributed by atoms with van der Waals surface area (Å²) in [4.78, 5) is 26.5. The first-order valence-electron chi connectivity index (χ1n) is 10.4. The Morgan fingerprint density at radius 2 is 1.79 bits per heavy atom. The third-order valence-electron chi connectivity index (χ3n) is 7.12. The van der Waals surface area contributed by atoms with Crippen molar-refractivity contribution in [2.45, 2.75) is 64.0 Å². The molecule has 1 amide bonds. The summed E-state index contributed by atoms with van der Waals surface area (Å²) < 4.78 is 3.11. The topological polar surface area (TPSA) is 89.2 Å². The van der Waals surface area contributed by atoms with E-state index in [1.807, 2.05) is 13.8 Å². The summed E-state index contributed by atoms with van der Waals surface area (Å²) in [5.41, 5.74) is 0.00981. The number of hydrogen-bond donors (Lipinski definition) is 2. The van der Waals surface area contributed by atoms with E-state index in [9.17, 15) is 14.7 Å². The van der Waals surface area contributed by atoms with Gasteiger partial charge in [-0.1, -0.05) is 0 Å². The van der Waals surface area contributed by atoms with Gasteiger partial charge in [-0.25, -0.2) is 0 Å². The molecule has 28 heavy (non-hydrogen) atoms. The molecule has 0 aromatic carbocycles. The Balaban J connectivity index is 1.58. The molecule has 150 valence electrons. The molecule has 2 aromatic heterocycles. The maximum absolute atomic E-state index is 13.3. The highest BCUT2D eigenvalue weighted by Gasteiger charge is 2.51. The van der Waals surface area contributed by atoms with Gasteiger partial charge in [0.2, 0.25) is 0 Å². The highest BCUT2D eigenvalue weighted by atomic mass is 16.3. The monoisotopic (exact) mass is 384 g/mol. The molecular formula is C21H28N4O3. The highest BCUT2D eigenvalue weighted by Crippen LogP contribution is 2.55. The van der Waals surface area contributed by atoms with Gasteiger partial charge in [-0.2, -0.15) is 5.10 Å². The second-order valence-electron chi connectivity index (χ2n) is 9.68. The molecule has 2 aromatic rings. The molecule has 0 spiro atoms. The quantitative estimate of drug-likeness (QED) is 0.852. The minimum Gasteiger partial charge on any atom is -0.505 e. The van der Waals surface area contributed by atoms with Gasteiger partial charge in [-0.3, -0.25) is 14.3 Å². The zero-order chi connectivity index (χ0) is 19.8. The molecule has 0 aliphatic heterocycles. The second kappa shape index (κ2) is 5.84. The summed E-state index contributed by atoms with van der Waals surface area (Å²) >= 11 is 0. The fourth-order valence-corrected chi connectivity index (χ4v) is 6.55. The molecule has 2 N–H and O–H groups in total. The van der Waals surface area contributed by atoms with Crippen LogP contribution >= 0.6 is 0 Å². The third-order valence-corrected chi connectivity index (χ3v) is 7.12. The summed E-state index contributed by atoms with van der Waals surface area (Å²) in [5, 5.41) is 18.3. The molecule has 6 rings (SSSR count). The summed E-state index contributed by atoms with van der Waals surface area (Å²) in [6.07, 6.45) is 8.53. The van der Waals surface area contributed by atoms with Gasteiger partial charge in [-0.05, 0) is 70.1 Å². The van der Waals surface area contributed by atoms with Gasteiger partial charge in [0.05, 0.1) is 5.52 Å². The van der Waals surface area contributed by atoms with Gasteiger partial charge >= 0.3 is 0 Å². The van der Waals surface area contributed by atoms with Crippen LogP contribution in [0.15, 0.2) is 11.0 Å². The third kappa shape index (κ3) is 2.51. The largest absolute Gasteiger partial charge is 0.505 e. The van der Waals surface area contributed by atoms with Crippen molar-refractivity contribution in [3.8, 4) is 5.75 Å². The average Bonchev–Trinajstić information content (AvgIpc) is 2.94. The van der Waals surface area contributed by atoms with Gasteiger partial charge in [0.1, 0.15) is 5.56 Å². The lowest BCUT2D eigenvalue weighted by molar-refractivity contribution is -0.0167. The van der Waals surface area contributed by atoms with Gasteiger partial charge in [0, 0.05) is 24.8 Å². The summed E-state index contributed by atoms with van der Waals surface area (Å²) in [7, 11) is 1.74. The molecule has 0 radical (unpaired) electrons. The lowest BCUT2D eigenvalue weighted by Gasteiger charge is -2.56. The fourth-order valence-electron chi connectivity index (χ4n) is 6.55. The van der Waals surface area contributed by atoms with Gasteiger partial charge < -0.3 is 15.0 Å². The smallest absolute Gasteiger partial charge is 0.268 e. The number of aromatic nitrogens is 3. The predicted molar refractivity (Wildman–Crippen MR) is 105 cm³/mol. The van der Waals surface area contributed by atoms with Crippen LogP contribution in [0.2, 0.25) is 0 Å². The molecule has 0 saturated heterocycles. The summed E-state index contributed by atoms with van der Waals surface area (Å²) in [5.74, 6) is 1.30. The van der Waals surface area contributed by atoms with Crippen molar-refractivity contribution < 1.29 is 9.90 Å². The van der Waals surface area contributed by atoms with E-state index in [0.717, 1.165) is 19.3 Å². The van der Waals surface area contributed by atoms with Crippen LogP contribution in [0, 0.1) is 17.8 Å². The second-order valence-corrected chi connectivity index (χ2v) is 9.68. The van der Waals surface area contributed by atoms with Crippen LogP contribution < -0.4 is 10.9 Å². The van der Waals surface area contributed by atoms with Crippen LogP contribution in [0.25, 0.3) is 11.0 Å². The molecule has 0 atom stereocenters. The van der Waals surface area contributed by atoms with Gasteiger partial charge in [-0.15, -0.1) is 0 Å². The zero-order valence-corrected chi connectivity index (χ0v) is 16.7. The van der Waals surface area contributed by atoms with Gasteiger partial charge in [0.25, 0.3) is 11.5 Å². The zero-order valence-electron chi connectivity index (χ0n) is 16.7. The van der Waals surface area contributed by atoms with Crippen molar-refractivity contribution in [1.29, 1.82) is 0 Å². The molecule has 2 heterocycles. The van der Waals surface area contributed by atoms with Crippen LogP contribution in [-0.4, -0.2) is 30.9 Å². The normalized spacial score (nSPS) is 31.1. The van der Waals surface area contributed by atoms with Crippen molar-refractivity contribution in [1.82, 2.24) is 19.7 Å². The molecular weight excluding hydrogens is 356 g/mol. The minimum absolute atomic E-state index is 0.147. The Kier molecular flexibility index (Phi) is 3.71. The molecule has 4 aliphatic rings. The van der Waals surface area contributed by atoms with E-state index in [2.05, 4.69) is 10.4 Å². The van der Waals surface area contributed by atoms with E-state index >= 15 is 0 Å². The van der Waals surface area contributed by atoms with Crippen LogP contribution in [0.1, 0.15) is 68.8 Å². The number of nitrogens with one attached hydrogen (secondary N) is 1. The number of carbonyl (C=O) groups excluding carboxylic acids is 1. The Hall–Kier alpha value is -2.31. The van der Waals surface area contributed by atoms with E-state index in [1.165, 1.54) is 19.3 Å². The fraction of sp³-hybridized carbons (Fsp3) is 0.667. The van der Waals surface area contributed by atoms with Crippen molar-refractivity contribution >= 4 is 16.9 Å². The van der Waals surface area contributed by atoms with E-state index in [1.54, 1.807) is 22.5 Å². The number of fused-ring (bicyclic) bond motifs is 1. The SMILES string of the molecule is CC(C)n1c(=O)c(C(=O)NC23CC4CC(CC(C4)C2)C3)c(O)c2nn(C)cc21. The van der Waals surface area contributed by atoms with Crippen LogP contribution in [0.3, 0.4) is 0 Å². The summed E-state index contributed by atoms with van der Waals surface area (Å²) in [6, 6.07) is -0.147. The lowest BCUT2D eigenvalue weighted by atomic mass is 9.53. The van der Waals surface area contributed by atoms with E-state index in [4.69, 9.17) is 0 Å². The van der Waals surface area contributed by atoms with Crippen molar-refractivity contribution in [2.24, 2.45) is 24.8 Å². The van der Waals surface area contributed by atoms with Crippen molar-refractivity contribution in [3.63, 3.8) is 0 Å². The Labute approximate surface area is 163 Å². The molecule has 4 aliphatic carbocycles. The first-order chi connectivity index (χ1) is 13.3. The van der Waals surface area contributed by atoms with Crippen LogP contribution in [0.4, 0.5) is 0 Å². The number of pyridine rings is 1. The number of aryl methyl sites for hydroxylation is 1. The van der Waals surface area contributed by atoms with E-state index in [-0.39, 0.29) is 22.9 Å². The summed E-state index contributed by atoms with van der Waals surface area (Å²) in [6.45, 7) is 3.79. The van der Waals surface area contributed by atoms with Gasteiger partial charge in [0.15, 0.2) is 11.3 Å². The van der Waals surface area contributed by atoms with E-state index in [0.29, 0.717) is 28.8 Å². The van der Waals surface area contributed by atoms with Crippen LogP contribution in [0.5, 0.6) is 5.75 Å². The number of nitrogens with zero attached hydrogens (tertiary/aromatic N) is 3. The molecule has 4 fully saturated rings. The molecule has 7 heteroatoms. The molecule has 0 unspecified atom stereocenters. The molecule has 4 bridgehead atoms. The maximum Gasteiger partial charge on any atom is 0.268 e. The minimum atomic E-state index is -0.452. The first-order valence-corrected chi connectivity index (χ1v) is 10.4. The van der Waals surface area contributed by atoms with Crippen molar-refractivity contribution in [2.75, 3.05) is 0 Å². The number of amides is 1. The maximum atomic E-state index is 13.3. The predicted octanol–water partition coefficient (Wildman–Crippen LogP) is 2.72. The molecule has 4 saturated carbocycles. The molecule has 7 nitrogen and oxygen atoms in total. The standard InChI is InChI=1S/C21H28N4O3/c1-11(2)25-15-10-24(3)23-17(15)18(26)16(20(25)28)19(27)22-21-7-12-4-13(8-21)6-14(5-12)9-21/h10-14,26H,4-9H2,1-3H3,(H,22,27). The highest BCUT2D eigenvalue weighted by molar-refractivity contribution is 6.01. The average molecular weight is 384 g/mol. The first kappa shape index (κ1) is 17.8. The van der Waals surface area contributed by atoms with Crippen LogP contribution in [-0.2, 0) is 7.05 Å². The van der Waals surface area contributed by atoms with E-state index < -0.39 is 11.5 Å². The number of rotatable bonds is 3. The Bertz CT molecular complexity index is 997. The Morgan fingerprint density at radius 1 is 1.21 bits per heavy atom. The number of hydrogen-bond acceptors (Lipinski definition) is 4. The Morgan fingerprint density at radius 3 is 2.32 bits per heavy atom. The number of carbonyl (C=O) groups is 1.